The van der Waals surface area contributed by atoms with Crippen molar-refractivity contribution in [2.45, 2.75) is 20.5 Å². The molecule has 0 unspecified atom stereocenters. The quantitative estimate of drug-likeness (QED) is 0.882. The van der Waals surface area contributed by atoms with Crippen LogP contribution in [0.4, 0.5) is 5.82 Å². The molecule has 0 aliphatic carbocycles. The Morgan fingerprint density at radius 3 is 2.61 bits per heavy atom. The van der Waals surface area contributed by atoms with E-state index in [0.29, 0.717) is 18.2 Å². The second kappa shape index (κ2) is 4.73. The fourth-order valence-electron chi connectivity index (χ4n) is 1.95. The van der Waals surface area contributed by atoms with Gasteiger partial charge in [0, 0.05) is 25.9 Å². The maximum absolute atomic E-state index is 5.80. The minimum atomic E-state index is 0.415. The van der Waals surface area contributed by atoms with Gasteiger partial charge >= 0.3 is 0 Å². The lowest BCUT2D eigenvalue weighted by Gasteiger charge is -2.05. The summed E-state index contributed by atoms with van der Waals surface area (Å²) in [5.74, 6) is 1.04. The van der Waals surface area contributed by atoms with Gasteiger partial charge in [0.15, 0.2) is 5.82 Å². The fourth-order valence-corrected chi connectivity index (χ4v) is 1.95. The summed E-state index contributed by atoms with van der Waals surface area (Å²) in [6.45, 7) is 4.33. The topological polar surface area (TPSA) is 78.9 Å². The lowest BCUT2D eigenvalue weighted by molar-refractivity contribution is 0.181. The molecule has 2 heterocycles. The van der Waals surface area contributed by atoms with Crippen LogP contribution in [0.15, 0.2) is 6.07 Å². The highest BCUT2D eigenvalue weighted by molar-refractivity contribution is 5.62. The van der Waals surface area contributed by atoms with Crippen molar-refractivity contribution < 1.29 is 4.74 Å². The molecule has 0 aliphatic heterocycles. The van der Waals surface area contributed by atoms with Crippen LogP contribution in [0.2, 0.25) is 0 Å². The van der Waals surface area contributed by atoms with Crippen LogP contribution in [0.25, 0.3) is 11.4 Å². The van der Waals surface area contributed by atoms with Gasteiger partial charge in [0.2, 0.25) is 0 Å². The van der Waals surface area contributed by atoms with E-state index in [2.05, 4.69) is 15.1 Å². The van der Waals surface area contributed by atoms with Gasteiger partial charge in [-0.05, 0) is 13.8 Å². The molecule has 0 bridgehead atoms. The number of ether oxygens (including phenoxy) is 1. The Morgan fingerprint density at radius 1 is 1.33 bits per heavy atom. The van der Waals surface area contributed by atoms with E-state index in [1.165, 1.54) is 0 Å². The number of rotatable bonds is 3. The second-order valence-electron chi connectivity index (χ2n) is 4.21. The monoisotopic (exact) mass is 247 g/mol. The molecular weight excluding hydrogens is 230 g/mol. The number of nitrogen functional groups attached to an aromatic ring is 1. The fraction of sp³-hybridized carbons (Fsp3) is 0.417. The molecule has 2 aromatic heterocycles. The number of hydrogen-bond acceptors (Lipinski definition) is 5. The summed E-state index contributed by atoms with van der Waals surface area (Å²) in [5.41, 5.74) is 9.41. The molecule has 0 amide bonds. The molecule has 96 valence electrons. The second-order valence-corrected chi connectivity index (χ2v) is 4.21. The van der Waals surface area contributed by atoms with E-state index in [0.717, 1.165) is 22.6 Å². The Labute approximate surface area is 106 Å². The molecule has 18 heavy (non-hydrogen) atoms. The number of nitrogens with two attached hydrogens (primary N) is 1. The first-order valence-electron chi connectivity index (χ1n) is 5.66. The van der Waals surface area contributed by atoms with Crippen molar-refractivity contribution in [1.29, 1.82) is 0 Å². The Hall–Kier alpha value is -1.95. The Morgan fingerprint density at radius 2 is 2.06 bits per heavy atom. The normalized spacial score (nSPS) is 10.9. The van der Waals surface area contributed by atoms with Crippen molar-refractivity contribution in [3.63, 3.8) is 0 Å². The number of hydrogen-bond donors (Lipinski definition) is 1. The summed E-state index contributed by atoms with van der Waals surface area (Å²) >= 11 is 0. The molecule has 0 radical (unpaired) electrons. The lowest BCUT2D eigenvalue weighted by atomic mass is 10.2. The SMILES string of the molecule is COCc1cc(N)nc(-c2c(C)nn(C)c2C)n1. The van der Waals surface area contributed by atoms with E-state index in [9.17, 15) is 0 Å². The molecule has 6 nitrogen and oxygen atoms in total. The molecular formula is C12H17N5O. The van der Waals surface area contributed by atoms with Gasteiger partial charge in [-0.1, -0.05) is 0 Å². The molecule has 6 heteroatoms. The van der Waals surface area contributed by atoms with Crippen molar-refractivity contribution in [3.05, 3.63) is 23.1 Å². The van der Waals surface area contributed by atoms with Crippen molar-refractivity contribution in [2.75, 3.05) is 12.8 Å². The minimum Gasteiger partial charge on any atom is -0.384 e. The van der Waals surface area contributed by atoms with Gasteiger partial charge in [-0.3, -0.25) is 4.68 Å². The van der Waals surface area contributed by atoms with Crippen LogP contribution in [-0.2, 0) is 18.4 Å². The van der Waals surface area contributed by atoms with Crippen molar-refractivity contribution in [1.82, 2.24) is 19.7 Å². The Kier molecular flexibility index (Phi) is 3.29. The third-order valence-electron chi connectivity index (χ3n) is 2.82. The summed E-state index contributed by atoms with van der Waals surface area (Å²) in [5, 5.41) is 4.36. The molecule has 2 rings (SSSR count). The first kappa shape index (κ1) is 12.5. The summed E-state index contributed by atoms with van der Waals surface area (Å²) < 4.78 is 6.89. The van der Waals surface area contributed by atoms with Crippen LogP contribution in [0.1, 0.15) is 17.1 Å². The van der Waals surface area contributed by atoms with Crippen molar-refractivity contribution >= 4 is 5.82 Å². The third-order valence-corrected chi connectivity index (χ3v) is 2.82. The maximum Gasteiger partial charge on any atom is 0.165 e. The summed E-state index contributed by atoms with van der Waals surface area (Å²) in [7, 11) is 3.52. The van der Waals surface area contributed by atoms with Gasteiger partial charge < -0.3 is 10.5 Å². The number of nitrogens with zero attached hydrogens (tertiary/aromatic N) is 4. The summed E-state index contributed by atoms with van der Waals surface area (Å²) in [6.07, 6.45) is 0. The van der Waals surface area contributed by atoms with E-state index >= 15 is 0 Å². The highest BCUT2D eigenvalue weighted by Gasteiger charge is 2.15. The van der Waals surface area contributed by atoms with Gasteiger partial charge in [-0.25, -0.2) is 9.97 Å². The predicted molar refractivity (Wildman–Crippen MR) is 68.8 cm³/mol. The van der Waals surface area contributed by atoms with Crippen LogP contribution in [0, 0.1) is 13.8 Å². The van der Waals surface area contributed by atoms with Gasteiger partial charge in [-0.15, -0.1) is 0 Å². The van der Waals surface area contributed by atoms with Gasteiger partial charge in [0.1, 0.15) is 5.82 Å². The standard InChI is InChI=1S/C12H17N5O/c1-7-11(8(2)17(3)16-7)12-14-9(6-18-4)5-10(13)15-12/h5H,6H2,1-4H3,(H2,13,14,15). The predicted octanol–water partition coefficient (Wildman–Crippen LogP) is 1.22. The molecule has 2 aromatic rings. The van der Waals surface area contributed by atoms with Crippen LogP contribution < -0.4 is 5.73 Å². The number of aryl methyl sites for hydroxylation is 2. The van der Waals surface area contributed by atoms with Crippen molar-refractivity contribution in [3.8, 4) is 11.4 Å². The largest absolute Gasteiger partial charge is 0.384 e. The van der Waals surface area contributed by atoms with Gasteiger partial charge in [0.05, 0.1) is 23.6 Å². The molecule has 2 N–H and O–H groups in total. The molecule has 0 saturated carbocycles. The maximum atomic E-state index is 5.80. The highest BCUT2D eigenvalue weighted by Crippen LogP contribution is 2.24. The zero-order valence-corrected chi connectivity index (χ0v) is 11.1. The first-order valence-corrected chi connectivity index (χ1v) is 5.66. The zero-order chi connectivity index (χ0) is 13.3. The lowest BCUT2D eigenvalue weighted by Crippen LogP contribution is -2.02. The third kappa shape index (κ3) is 2.19. The van der Waals surface area contributed by atoms with E-state index < -0.39 is 0 Å². The number of anilines is 1. The molecule has 0 fully saturated rings. The number of methoxy groups -OCH3 is 1. The van der Waals surface area contributed by atoms with E-state index in [-0.39, 0.29) is 0 Å². The summed E-state index contributed by atoms with van der Waals surface area (Å²) in [4.78, 5) is 8.74. The van der Waals surface area contributed by atoms with E-state index in [1.807, 2.05) is 25.6 Å². The van der Waals surface area contributed by atoms with Crippen LogP contribution in [-0.4, -0.2) is 26.9 Å². The molecule has 0 aromatic carbocycles. The van der Waals surface area contributed by atoms with Crippen LogP contribution in [0.5, 0.6) is 0 Å². The van der Waals surface area contributed by atoms with Gasteiger partial charge in [0.25, 0.3) is 0 Å². The smallest absolute Gasteiger partial charge is 0.165 e. The van der Waals surface area contributed by atoms with Crippen LogP contribution in [0.3, 0.4) is 0 Å². The Balaban J connectivity index is 2.56. The first-order chi connectivity index (χ1) is 8.52. The average molecular weight is 247 g/mol. The number of aromatic nitrogens is 4. The molecule has 0 spiro atoms. The zero-order valence-electron chi connectivity index (χ0n) is 11.1. The average Bonchev–Trinajstić information content (AvgIpc) is 2.52. The molecule has 0 saturated heterocycles. The summed E-state index contributed by atoms with van der Waals surface area (Å²) in [6, 6.07) is 1.72. The minimum absolute atomic E-state index is 0.415. The van der Waals surface area contributed by atoms with E-state index in [1.54, 1.807) is 13.2 Å². The van der Waals surface area contributed by atoms with Crippen LogP contribution >= 0.6 is 0 Å². The van der Waals surface area contributed by atoms with Crippen molar-refractivity contribution in [2.24, 2.45) is 7.05 Å². The molecule has 0 atom stereocenters. The van der Waals surface area contributed by atoms with E-state index in [4.69, 9.17) is 10.5 Å². The Bertz CT molecular complexity index is 576. The highest BCUT2D eigenvalue weighted by atomic mass is 16.5. The molecule has 0 aliphatic rings. The van der Waals surface area contributed by atoms with Gasteiger partial charge in [-0.2, -0.15) is 5.10 Å².